The topological polar surface area (TPSA) is 3.24 Å². The van der Waals surface area contributed by atoms with Crippen molar-refractivity contribution in [2.75, 3.05) is 13.1 Å². The molecule has 50 valence electrons. The maximum absolute atomic E-state index is 5.56. The molecule has 1 heteroatoms. The van der Waals surface area contributed by atoms with Gasteiger partial charge in [0.1, 0.15) is 0 Å². The predicted octanol–water partition coefficient (Wildman–Crippen LogP) is 1.70. The van der Waals surface area contributed by atoms with Crippen LogP contribution in [0, 0.1) is 7.05 Å². The molecule has 2 radical (unpaired) electrons. The zero-order chi connectivity index (χ0) is 6.69. The van der Waals surface area contributed by atoms with Crippen LogP contribution in [-0.2, 0) is 0 Å². The fourth-order valence-corrected chi connectivity index (χ4v) is 1.10. The van der Waals surface area contributed by atoms with Crippen molar-refractivity contribution in [2.24, 2.45) is 0 Å². The average molecular weight is 123 g/mol. The Morgan fingerprint density at radius 3 is 2.44 bits per heavy atom. The van der Waals surface area contributed by atoms with Gasteiger partial charge in [0.15, 0.2) is 0 Å². The Bertz CT molecular complexity index is 106. The van der Waals surface area contributed by atoms with E-state index in [9.17, 15) is 0 Å². The van der Waals surface area contributed by atoms with Gasteiger partial charge in [-0.05, 0) is 19.8 Å². The van der Waals surface area contributed by atoms with E-state index in [1.54, 1.807) is 5.57 Å². The predicted molar refractivity (Wildman–Crippen MR) is 38.9 cm³/mol. The number of likely N-dealkylation sites (tertiary alicyclic amines) is 1. The summed E-state index contributed by atoms with van der Waals surface area (Å²) in [5.41, 5.74) is 1.55. The summed E-state index contributed by atoms with van der Waals surface area (Å²) in [5, 5.41) is 0. The largest absolute Gasteiger partial charge is 0.297 e. The van der Waals surface area contributed by atoms with Crippen LogP contribution in [-0.4, -0.2) is 18.0 Å². The van der Waals surface area contributed by atoms with E-state index in [-0.39, 0.29) is 0 Å². The lowest BCUT2D eigenvalue weighted by atomic mass is 10.1. The van der Waals surface area contributed by atoms with Crippen molar-refractivity contribution in [3.63, 3.8) is 0 Å². The lowest BCUT2D eigenvalue weighted by Gasteiger charge is -2.22. The molecule has 0 unspecified atom stereocenters. The third kappa shape index (κ3) is 1.83. The number of piperidine rings is 1. The van der Waals surface area contributed by atoms with Crippen molar-refractivity contribution in [2.45, 2.75) is 19.8 Å². The second-order valence-electron chi connectivity index (χ2n) is 2.48. The molecule has 9 heavy (non-hydrogen) atoms. The van der Waals surface area contributed by atoms with Gasteiger partial charge in [-0.2, -0.15) is 0 Å². The van der Waals surface area contributed by atoms with Gasteiger partial charge in [0.25, 0.3) is 0 Å². The molecule has 0 atom stereocenters. The highest BCUT2D eigenvalue weighted by Gasteiger charge is 2.07. The zero-order valence-corrected chi connectivity index (χ0v) is 5.93. The summed E-state index contributed by atoms with van der Waals surface area (Å²) in [4.78, 5) is 1.88. The first kappa shape index (κ1) is 6.81. The normalized spacial score (nSPS) is 22.2. The van der Waals surface area contributed by atoms with Gasteiger partial charge < -0.3 is 0 Å². The summed E-state index contributed by atoms with van der Waals surface area (Å²) < 4.78 is 0. The molecule has 1 rings (SSSR count). The van der Waals surface area contributed by atoms with Gasteiger partial charge in [0, 0.05) is 20.1 Å². The van der Waals surface area contributed by atoms with E-state index in [0.717, 1.165) is 25.9 Å². The summed E-state index contributed by atoms with van der Waals surface area (Å²) in [6, 6.07) is 0. The Morgan fingerprint density at radius 2 is 2.00 bits per heavy atom. The van der Waals surface area contributed by atoms with Gasteiger partial charge in [-0.25, -0.2) is 0 Å². The molecule has 0 aromatic rings. The summed E-state index contributed by atoms with van der Waals surface area (Å²) in [5.74, 6) is 0. The van der Waals surface area contributed by atoms with Crippen molar-refractivity contribution in [3.8, 4) is 0 Å². The van der Waals surface area contributed by atoms with Crippen molar-refractivity contribution in [3.05, 3.63) is 18.7 Å². The Balaban J connectivity index is 2.35. The molecule has 1 aliphatic rings. The summed E-state index contributed by atoms with van der Waals surface area (Å²) >= 11 is 0. The standard InChI is InChI=1S/C8H13N/c1-3-8-4-6-9(2)7-5-8/h2-3H,4-7H2,1H3. The summed E-state index contributed by atoms with van der Waals surface area (Å²) in [6.45, 7) is 4.15. The monoisotopic (exact) mass is 123 g/mol. The SMILES string of the molecule is [CH]N1CCC(=CC)CC1. The molecule has 0 amide bonds. The molecular formula is C8H13N. The minimum absolute atomic E-state index is 1.03. The first-order valence-corrected chi connectivity index (χ1v) is 3.46. The number of allylic oxidation sites excluding steroid dienone is 1. The fraction of sp³-hybridized carbons (Fsp3) is 0.625. The van der Waals surface area contributed by atoms with Gasteiger partial charge >= 0.3 is 0 Å². The van der Waals surface area contributed by atoms with E-state index in [2.05, 4.69) is 13.0 Å². The molecule has 0 aromatic carbocycles. The van der Waals surface area contributed by atoms with Crippen LogP contribution in [0.25, 0.3) is 0 Å². The Kier molecular flexibility index (Phi) is 2.29. The average Bonchev–Trinajstić information content (AvgIpc) is 1.90. The van der Waals surface area contributed by atoms with Gasteiger partial charge in [-0.1, -0.05) is 11.6 Å². The number of nitrogens with zero attached hydrogens (tertiary/aromatic N) is 1. The molecule has 1 aliphatic heterocycles. The quantitative estimate of drug-likeness (QED) is 0.443. The van der Waals surface area contributed by atoms with Crippen LogP contribution in [0.5, 0.6) is 0 Å². The van der Waals surface area contributed by atoms with E-state index in [4.69, 9.17) is 7.05 Å². The van der Waals surface area contributed by atoms with E-state index < -0.39 is 0 Å². The summed E-state index contributed by atoms with van der Waals surface area (Å²) in [7, 11) is 5.56. The highest BCUT2D eigenvalue weighted by molar-refractivity contribution is 5.03. The fourth-order valence-electron chi connectivity index (χ4n) is 1.10. The highest BCUT2D eigenvalue weighted by atomic mass is 15.1. The smallest absolute Gasteiger partial charge is 0.0439 e. The maximum atomic E-state index is 5.56. The van der Waals surface area contributed by atoms with Gasteiger partial charge in [0.2, 0.25) is 0 Å². The molecule has 0 N–H and O–H groups in total. The van der Waals surface area contributed by atoms with Crippen LogP contribution < -0.4 is 0 Å². The lowest BCUT2D eigenvalue weighted by Crippen LogP contribution is -2.24. The second-order valence-corrected chi connectivity index (χ2v) is 2.48. The lowest BCUT2D eigenvalue weighted by molar-refractivity contribution is 0.344. The third-order valence-corrected chi connectivity index (χ3v) is 1.85. The van der Waals surface area contributed by atoms with Gasteiger partial charge in [-0.15, -0.1) is 0 Å². The number of hydrogen-bond acceptors (Lipinski definition) is 1. The first-order valence-electron chi connectivity index (χ1n) is 3.46. The first-order chi connectivity index (χ1) is 4.33. The molecule has 0 saturated carbocycles. The van der Waals surface area contributed by atoms with E-state index in [0.29, 0.717) is 0 Å². The maximum Gasteiger partial charge on any atom is 0.0439 e. The molecule has 0 aliphatic carbocycles. The van der Waals surface area contributed by atoms with E-state index in [1.807, 2.05) is 4.90 Å². The molecule has 1 saturated heterocycles. The molecule has 1 heterocycles. The Morgan fingerprint density at radius 1 is 1.44 bits per heavy atom. The highest BCUT2D eigenvalue weighted by Crippen LogP contribution is 2.13. The van der Waals surface area contributed by atoms with Crippen molar-refractivity contribution in [1.29, 1.82) is 0 Å². The van der Waals surface area contributed by atoms with Gasteiger partial charge in [0.05, 0.1) is 0 Å². The van der Waals surface area contributed by atoms with Crippen molar-refractivity contribution >= 4 is 0 Å². The minimum atomic E-state index is 1.03. The molecule has 1 fully saturated rings. The summed E-state index contributed by atoms with van der Waals surface area (Å²) in [6.07, 6.45) is 4.52. The van der Waals surface area contributed by atoms with Crippen LogP contribution in [0.15, 0.2) is 11.6 Å². The van der Waals surface area contributed by atoms with Crippen LogP contribution in [0.2, 0.25) is 0 Å². The zero-order valence-electron chi connectivity index (χ0n) is 5.93. The number of hydrogen-bond donors (Lipinski definition) is 0. The van der Waals surface area contributed by atoms with Crippen LogP contribution in [0.3, 0.4) is 0 Å². The van der Waals surface area contributed by atoms with Crippen LogP contribution in [0.1, 0.15) is 19.8 Å². The minimum Gasteiger partial charge on any atom is -0.297 e. The molecule has 1 nitrogen and oxygen atoms in total. The van der Waals surface area contributed by atoms with Crippen molar-refractivity contribution in [1.82, 2.24) is 4.90 Å². The molecule has 0 bridgehead atoms. The second kappa shape index (κ2) is 3.02. The number of rotatable bonds is 0. The Hall–Kier alpha value is -0.300. The van der Waals surface area contributed by atoms with Gasteiger partial charge in [-0.3, -0.25) is 4.90 Å². The van der Waals surface area contributed by atoms with E-state index >= 15 is 0 Å². The van der Waals surface area contributed by atoms with E-state index in [1.165, 1.54) is 0 Å². The molecule has 0 aromatic heterocycles. The van der Waals surface area contributed by atoms with Crippen LogP contribution in [0.4, 0.5) is 0 Å². The Labute approximate surface area is 57.4 Å². The third-order valence-electron chi connectivity index (χ3n) is 1.85. The van der Waals surface area contributed by atoms with Crippen molar-refractivity contribution < 1.29 is 0 Å². The molecule has 0 spiro atoms. The molecular weight excluding hydrogens is 110 g/mol. The van der Waals surface area contributed by atoms with Crippen LogP contribution >= 0.6 is 0 Å².